The summed E-state index contributed by atoms with van der Waals surface area (Å²) in [5.74, 6) is -0.299. The van der Waals surface area contributed by atoms with E-state index in [-0.39, 0.29) is 12.4 Å². The van der Waals surface area contributed by atoms with Gasteiger partial charge in [-0.25, -0.2) is 4.39 Å². The monoisotopic (exact) mass is 210 g/mol. The van der Waals surface area contributed by atoms with Crippen molar-refractivity contribution in [2.45, 2.75) is 25.4 Å². The van der Waals surface area contributed by atoms with E-state index in [2.05, 4.69) is 9.88 Å². The Balaban J connectivity index is 1.98. The number of rotatable bonds is 5. The fourth-order valence-corrected chi connectivity index (χ4v) is 1.74. The Kier molecular flexibility index (Phi) is 3.28. The SMILES string of the molecule is OCCN(Cc1cncc(F)c1)C1CC1. The topological polar surface area (TPSA) is 36.4 Å². The van der Waals surface area contributed by atoms with E-state index in [9.17, 15) is 4.39 Å². The second-order valence-corrected chi connectivity index (χ2v) is 3.94. The Morgan fingerprint density at radius 2 is 2.27 bits per heavy atom. The third-order valence-electron chi connectivity index (χ3n) is 2.60. The molecule has 4 heteroatoms. The Morgan fingerprint density at radius 3 is 2.87 bits per heavy atom. The largest absolute Gasteiger partial charge is 0.395 e. The van der Waals surface area contributed by atoms with E-state index >= 15 is 0 Å². The number of pyridine rings is 1. The highest BCUT2D eigenvalue weighted by atomic mass is 19.1. The van der Waals surface area contributed by atoms with E-state index < -0.39 is 0 Å². The predicted molar refractivity (Wildman–Crippen MR) is 54.7 cm³/mol. The molecular weight excluding hydrogens is 195 g/mol. The molecule has 1 heterocycles. The van der Waals surface area contributed by atoms with Crippen LogP contribution in [0.15, 0.2) is 18.5 Å². The van der Waals surface area contributed by atoms with Gasteiger partial charge in [0.1, 0.15) is 5.82 Å². The van der Waals surface area contributed by atoms with E-state index in [0.717, 1.165) is 5.56 Å². The minimum Gasteiger partial charge on any atom is -0.395 e. The smallest absolute Gasteiger partial charge is 0.141 e. The van der Waals surface area contributed by atoms with Crippen molar-refractivity contribution in [3.8, 4) is 0 Å². The van der Waals surface area contributed by atoms with Crippen LogP contribution in [0.25, 0.3) is 0 Å². The second-order valence-electron chi connectivity index (χ2n) is 3.94. The van der Waals surface area contributed by atoms with Gasteiger partial charge in [-0.05, 0) is 24.5 Å². The summed E-state index contributed by atoms with van der Waals surface area (Å²) in [6.07, 6.45) is 5.25. The molecule has 0 aromatic carbocycles. The molecule has 0 amide bonds. The highest BCUT2D eigenvalue weighted by Crippen LogP contribution is 2.27. The number of aliphatic hydroxyl groups is 1. The molecule has 1 aromatic heterocycles. The highest BCUT2D eigenvalue weighted by molar-refractivity contribution is 5.10. The van der Waals surface area contributed by atoms with Crippen molar-refractivity contribution in [1.82, 2.24) is 9.88 Å². The molecule has 1 aromatic rings. The van der Waals surface area contributed by atoms with Gasteiger partial charge in [0.05, 0.1) is 12.8 Å². The second kappa shape index (κ2) is 4.68. The maximum absolute atomic E-state index is 12.9. The summed E-state index contributed by atoms with van der Waals surface area (Å²) in [5, 5.41) is 8.91. The van der Waals surface area contributed by atoms with Crippen LogP contribution < -0.4 is 0 Å². The summed E-state index contributed by atoms with van der Waals surface area (Å²) in [6.45, 7) is 1.48. The number of nitrogens with zero attached hydrogens (tertiary/aromatic N) is 2. The van der Waals surface area contributed by atoms with Gasteiger partial charge >= 0.3 is 0 Å². The third kappa shape index (κ3) is 2.97. The molecule has 1 aliphatic carbocycles. The molecular formula is C11H15FN2O. The van der Waals surface area contributed by atoms with Crippen LogP contribution in [0.2, 0.25) is 0 Å². The first-order valence-electron chi connectivity index (χ1n) is 5.24. The number of hydrogen-bond donors (Lipinski definition) is 1. The standard InChI is InChI=1S/C11H15FN2O/c12-10-5-9(6-13-7-10)8-14(3-4-15)11-1-2-11/h5-7,11,15H,1-4,8H2. The van der Waals surface area contributed by atoms with Crippen LogP contribution in [0.1, 0.15) is 18.4 Å². The van der Waals surface area contributed by atoms with E-state index in [0.29, 0.717) is 19.1 Å². The first kappa shape index (κ1) is 10.5. The molecule has 1 N–H and O–H groups in total. The number of aromatic nitrogens is 1. The molecule has 0 saturated heterocycles. The van der Waals surface area contributed by atoms with Crippen molar-refractivity contribution < 1.29 is 9.50 Å². The lowest BCUT2D eigenvalue weighted by Crippen LogP contribution is -2.28. The first-order valence-corrected chi connectivity index (χ1v) is 5.24. The lowest BCUT2D eigenvalue weighted by molar-refractivity contribution is 0.183. The summed E-state index contributed by atoms with van der Waals surface area (Å²) < 4.78 is 12.9. The molecule has 1 fully saturated rings. The van der Waals surface area contributed by atoms with Crippen molar-refractivity contribution in [3.05, 3.63) is 29.8 Å². The molecule has 15 heavy (non-hydrogen) atoms. The highest BCUT2D eigenvalue weighted by Gasteiger charge is 2.28. The van der Waals surface area contributed by atoms with Crippen LogP contribution in [0.5, 0.6) is 0 Å². The van der Waals surface area contributed by atoms with Crippen LogP contribution in [0.3, 0.4) is 0 Å². The number of halogens is 1. The van der Waals surface area contributed by atoms with Crippen molar-refractivity contribution in [3.63, 3.8) is 0 Å². The lowest BCUT2D eigenvalue weighted by atomic mass is 10.2. The van der Waals surface area contributed by atoms with Crippen LogP contribution in [-0.2, 0) is 6.54 Å². The normalized spacial score (nSPS) is 15.9. The molecule has 0 spiro atoms. The zero-order valence-corrected chi connectivity index (χ0v) is 8.56. The maximum atomic E-state index is 12.9. The molecule has 2 rings (SSSR count). The summed E-state index contributed by atoms with van der Waals surface area (Å²) in [5.41, 5.74) is 0.871. The van der Waals surface area contributed by atoms with E-state index in [1.165, 1.54) is 25.1 Å². The summed E-state index contributed by atoms with van der Waals surface area (Å²) >= 11 is 0. The lowest BCUT2D eigenvalue weighted by Gasteiger charge is -2.20. The van der Waals surface area contributed by atoms with Gasteiger partial charge in [-0.2, -0.15) is 0 Å². The van der Waals surface area contributed by atoms with E-state index in [1.807, 2.05) is 0 Å². The molecule has 82 valence electrons. The van der Waals surface area contributed by atoms with Gasteiger partial charge in [0, 0.05) is 25.3 Å². The van der Waals surface area contributed by atoms with E-state index in [4.69, 9.17) is 5.11 Å². The van der Waals surface area contributed by atoms with Gasteiger partial charge in [-0.15, -0.1) is 0 Å². The predicted octanol–water partition coefficient (Wildman–Crippen LogP) is 1.18. The first-order chi connectivity index (χ1) is 7.29. The van der Waals surface area contributed by atoms with Crippen molar-refractivity contribution in [2.75, 3.05) is 13.2 Å². The average Bonchev–Trinajstić information content (AvgIpc) is 3.00. The van der Waals surface area contributed by atoms with Crippen LogP contribution in [0.4, 0.5) is 4.39 Å². The van der Waals surface area contributed by atoms with Gasteiger partial charge in [-0.3, -0.25) is 9.88 Å². The van der Waals surface area contributed by atoms with Crippen molar-refractivity contribution >= 4 is 0 Å². The van der Waals surface area contributed by atoms with Crippen molar-refractivity contribution in [2.24, 2.45) is 0 Å². The molecule has 3 nitrogen and oxygen atoms in total. The van der Waals surface area contributed by atoms with Crippen LogP contribution in [0, 0.1) is 5.82 Å². The Morgan fingerprint density at radius 1 is 1.47 bits per heavy atom. The molecule has 0 radical (unpaired) electrons. The fraction of sp³-hybridized carbons (Fsp3) is 0.545. The zero-order chi connectivity index (χ0) is 10.7. The molecule has 0 bridgehead atoms. The minimum absolute atomic E-state index is 0.152. The fourth-order valence-electron chi connectivity index (χ4n) is 1.74. The van der Waals surface area contributed by atoms with Crippen LogP contribution >= 0.6 is 0 Å². The quantitative estimate of drug-likeness (QED) is 0.792. The summed E-state index contributed by atoms with van der Waals surface area (Å²) in [6, 6.07) is 2.07. The van der Waals surface area contributed by atoms with E-state index in [1.54, 1.807) is 6.20 Å². The molecule has 0 aliphatic heterocycles. The average molecular weight is 210 g/mol. The number of hydrogen-bond acceptors (Lipinski definition) is 3. The molecule has 1 aliphatic rings. The van der Waals surface area contributed by atoms with Crippen molar-refractivity contribution in [1.29, 1.82) is 0 Å². The summed E-state index contributed by atoms with van der Waals surface area (Å²) in [4.78, 5) is 5.99. The Labute approximate surface area is 88.6 Å². The Bertz CT molecular complexity index is 328. The Hall–Kier alpha value is -1.00. The minimum atomic E-state index is -0.299. The number of aliphatic hydroxyl groups excluding tert-OH is 1. The van der Waals surface area contributed by atoms with Gasteiger partial charge in [0.25, 0.3) is 0 Å². The molecule has 1 saturated carbocycles. The summed E-state index contributed by atoms with van der Waals surface area (Å²) in [7, 11) is 0. The molecule has 0 atom stereocenters. The third-order valence-corrected chi connectivity index (χ3v) is 2.60. The van der Waals surface area contributed by atoms with Gasteiger partial charge in [0.15, 0.2) is 0 Å². The maximum Gasteiger partial charge on any atom is 0.141 e. The van der Waals surface area contributed by atoms with Crippen LogP contribution in [-0.4, -0.2) is 34.2 Å². The van der Waals surface area contributed by atoms with Gasteiger partial charge in [0.2, 0.25) is 0 Å². The van der Waals surface area contributed by atoms with Gasteiger partial charge < -0.3 is 5.11 Å². The zero-order valence-electron chi connectivity index (χ0n) is 8.56. The molecule has 0 unspecified atom stereocenters. The van der Waals surface area contributed by atoms with Gasteiger partial charge in [-0.1, -0.05) is 0 Å².